The Labute approximate surface area is 180 Å². The highest BCUT2D eigenvalue weighted by Crippen LogP contribution is 2.29. The van der Waals surface area contributed by atoms with E-state index < -0.39 is 0 Å². The third kappa shape index (κ3) is 6.43. The first kappa shape index (κ1) is 21.6. The van der Waals surface area contributed by atoms with Crippen LogP contribution in [0.3, 0.4) is 0 Å². The number of unbranched alkanes of at least 4 members (excludes halogenated alkanes) is 3. The summed E-state index contributed by atoms with van der Waals surface area (Å²) in [6.45, 7) is 7.44. The van der Waals surface area contributed by atoms with Crippen molar-refractivity contribution in [3.05, 3.63) is 59.6 Å². The molecular formula is C26H33NOS. The molecular weight excluding hydrogens is 374 g/mol. The van der Waals surface area contributed by atoms with Crippen molar-refractivity contribution in [2.24, 2.45) is 5.92 Å². The largest absolute Gasteiger partial charge is 0.493 e. The highest BCUT2D eigenvalue weighted by molar-refractivity contribution is 7.15. The van der Waals surface area contributed by atoms with E-state index in [1.54, 1.807) is 0 Å². The molecule has 0 saturated heterocycles. The number of nitrogens with zero attached hydrogens (tertiary/aromatic N) is 1. The van der Waals surface area contributed by atoms with Crippen LogP contribution in [0.4, 0.5) is 0 Å². The molecule has 3 rings (SSSR count). The van der Waals surface area contributed by atoms with Crippen LogP contribution in [-0.2, 0) is 6.42 Å². The fourth-order valence-electron chi connectivity index (χ4n) is 3.19. The normalized spacial score (nSPS) is 12.1. The lowest BCUT2D eigenvalue weighted by molar-refractivity contribution is 0.256. The van der Waals surface area contributed by atoms with Gasteiger partial charge in [-0.25, -0.2) is 0 Å². The van der Waals surface area contributed by atoms with Crippen LogP contribution in [0.15, 0.2) is 54.7 Å². The SMILES string of the molecule is CCCCCCc1ccc(-c2ccc(-c3ccc(OC[C@@H](C)CC)cc3)cn2)s1. The van der Waals surface area contributed by atoms with Gasteiger partial charge in [0.05, 0.1) is 17.2 Å². The second kappa shape index (κ2) is 11.2. The number of benzene rings is 1. The van der Waals surface area contributed by atoms with Gasteiger partial charge in [0.1, 0.15) is 5.75 Å². The van der Waals surface area contributed by atoms with Gasteiger partial charge >= 0.3 is 0 Å². The van der Waals surface area contributed by atoms with Crippen LogP contribution in [0.5, 0.6) is 5.75 Å². The van der Waals surface area contributed by atoms with E-state index in [4.69, 9.17) is 9.72 Å². The number of rotatable bonds is 11. The Morgan fingerprint density at radius 3 is 2.38 bits per heavy atom. The third-order valence-electron chi connectivity index (χ3n) is 5.37. The minimum atomic E-state index is 0.584. The number of hydrogen-bond donors (Lipinski definition) is 0. The van der Waals surface area contributed by atoms with Gasteiger partial charge in [-0.1, -0.05) is 64.7 Å². The zero-order valence-electron chi connectivity index (χ0n) is 18.0. The van der Waals surface area contributed by atoms with Crippen molar-refractivity contribution in [3.63, 3.8) is 0 Å². The van der Waals surface area contributed by atoms with Crippen molar-refractivity contribution in [1.29, 1.82) is 0 Å². The van der Waals surface area contributed by atoms with Gasteiger partial charge in [-0.2, -0.15) is 0 Å². The summed E-state index contributed by atoms with van der Waals surface area (Å²) in [6.07, 6.45) is 9.56. The van der Waals surface area contributed by atoms with Crippen LogP contribution in [0.2, 0.25) is 0 Å². The number of hydrogen-bond acceptors (Lipinski definition) is 3. The van der Waals surface area contributed by atoms with Gasteiger partial charge in [0, 0.05) is 16.6 Å². The molecule has 29 heavy (non-hydrogen) atoms. The van der Waals surface area contributed by atoms with E-state index in [1.165, 1.54) is 47.4 Å². The summed E-state index contributed by atoms with van der Waals surface area (Å²) in [7, 11) is 0. The van der Waals surface area contributed by atoms with Crippen LogP contribution in [-0.4, -0.2) is 11.6 Å². The molecule has 2 aromatic heterocycles. The lowest BCUT2D eigenvalue weighted by Crippen LogP contribution is -2.06. The van der Waals surface area contributed by atoms with Crippen LogP contribution in [0.25, 0.3) is 21.7 Å². The van der Waals surface area contributed by atoms with Crippen LogP contribution >= 0.6 is 11.3 Å². The van der Waals surface area contributed by atoms with E-state index in [0.717, 1.165) is 30.0 Å². The maximum atomic E-state index is 5.86. The Morgan fingerprint density at radius 1 is 0.897 bits per heavy atom. The lowest BCUT2D eigenvalue weighted by Gasteiger charge is -2.11. The smallest absolute Gasteiger partial charge is 0.119 e. The minimum absolute atomic E-state index is 0.584. The molecule has 1 aromatic carbocycles. The molecule has 0 saturated carbocycles. The molecule has 0 N–H and O–H groups in total. The van der Waals surface area contributed by atoms with E-state index in [2.05, 4.69) is 69.3 Å². The van der Waals surface area contributed by atoms with Crippen LogP contribution in [0.1, 0.15) is 57.8 Å². The van der Waals surface area contributed by atoms with Crippen LogP contribution < -0.4 is 4.74 Å². The zero-order chi connectivity index (χ0) is 20.5. The molecule has 0 amide bonds. The van der Waals surface area contributed by atoms with Crippen LogP contribution in [0, 0.1) is 5.92 Å². The van der Waals surface area contributed by atoms with Gasteiger partial charge in [-0.05, 0) is 54.7 Å². The number of aromatic nitrogens is 1. The van der Waals surface area contributed by atoms with Gasteiger partial charge < -0.3 is 4.74 Å². The van der Waals surface area contributed by atoms with Crippen molar-refractivity contribution in [2.45, 2.75) is 59.3 Å². The van der Waals surface area contributed by atoms with E-state index in [9.17, 15) is 0 Å². The summed E-state index contributed by atoms with van der Waals surface area (Å²) in [5.41, 5.74) is 3.37. The quantitative estimate of drug-likeness (QED) is 0.300. The fourth-order valence-corrected chi connectivity index (χ4v) is 4.21. The summed E-state index contributed by atoms with van der Waals surface area (Å²) >= 11 is 1.88. The zero-order valence-corrected chi connectivity index (χ0v) is 18.8. The first-order chi connectivity index (χ1) is 14.2. The number of thiophene rings is 1. The highest BCUT2D eigenvalue weighted by atomic mass is 32.1. The Balaban J connectivity index is 1.59. The minimum Gasteiger partial charge on any atom is -0.493 e. The van der Waals surface area contributed by atoms with Gasteiger partial charge in [-0.3, -0.25) is 4.98 Å². The summed E-state index contributed by atoms with van der Waals surface area (Å²) < 4.78 is 5.86. The molecule has 0 unspecified atom stereocenters. The molecule has 0 aliphatic carbocycles. The summed E-state index contributed by atoms with van der Waals surface area (Å²) in [6, 6.07) is 17.1. The van der Waals surface area contributed by atoms with Crippen molar-refractivity contribution in [2.75, 3.05) is 6.61 Å². The maximum absolute atomic E-state index is 5.86. The summed E-state index contributed by atoms with van der Waals surface area (Å²) in [5, 5.41) is 0. The van der Waals surface area contributed by atoms with E-state index in [-0.39, 0.29) is 0 Å². The van der Waals surface area contributed by atoms with E-state index >= 15 is 0 Å². The molecule has 0 radical (unpaired) electrons. The predicted molar refractivity (Wildman–Crippen MR) is 126 cm³/mol. The van der Waals surface area contributed by atoms with Crippen molar-refractivity contribution < 1.29 is 4.74 Å². The molecule has 0 spiro atoms. The third-order valence-corrected chi connectivity index (χ3v) is 6.54. The Hall–Kier alpha value is -2.13. The maximum Gasteiger partial charge on any atom is 0.119 e. The Kier molecular flexibility index (Phi) is 8.30. The fraction of sp³-hybridized carbons (Fsp3) is 0.423. The Morgan fingerprint density at radius 2 is 1.69 bits per heavy atom. The molecule has 0 aliphatic heterocycles. The molecule has 0 fully saturated rings. The molecule has 2 heterocycles. The topological polar surface area (TPSA) is 22.1 Å². The molecule has 2 nitrogen and oxygen atoms in total. The Bertz CT molecular complexity index is 851. The monoisotopic (exact) mass is 407 g/mol. The van der Waals surface area contributed by atoms with E-state index in [1.807, 2.05) is 17.5 Å². The van der Waals surface area contributed by atoms with Crippen molar-refractivity contribution >= 4 is 11.3 Å². The lowest BCUT2D eigenvalue weighted by atomic mass is 10.1. The first-order valence-electron chi connectivity index (χ1n) is 11.0. The number of ether oxygens (including phenoxy) is 1. The molecule has 1 atom stereocenters. The van der Waals surface area contributed by atoms with Gasteiger partial charge in [0.2, 0.25) is 0 Å². The summed E-state index contributed by atoms with van der Waals surface area (Å²) in [4.78, 5) is 7.45. The molecule has 0 bridgehead atoms. The van der Waals surface area contributed by atoms with Gasteiger partial charge in [0.25, 0.3) is 0 Å². The van der Waals surface area contributed by atoms with Crippen molar-refractivity contribution in [3.8, 4) is 27.4 Å². The second-order valence-electron chi connectivity index (χ2n) is 7.86. The number of pyridine rings is 1. The molecule has 0 aliphatic rings. The molecule has 3 aromatic rings. The summed E-state index contributed by atoms with van der Waals surface area (Å²) in [5.74, 6) is 1.52. The predicted octanol–water partition coefficient (Wildman–Crippen LogP) is 8.02. The van der Waals surface area contributed by atoms with Gasteiger partial charge in [0.15, 0.2) is 0 Å². The number of aryl methyl sites for hydroxylation is 1. The van der Waals surface area contributed by atoms with E-state index in [0.29, 0.717) is 5.92 Å². The highest BCUT2D eigenvalue weighted by Gasteiger charge is 2.06. The second-order valence-corrected chi connectivity index (χ2v) is 9.03. The van der Waals surface area contributed by atoms with Gasteiger partial charge in [-0.15, -0.1) is 11.3 Å². The molecule has 3 heteroatoms. The average Bonchev–Trinajstić information content (AvgIpc) is 3.24. The van der Waals surface area contributed by atoms with Crippen molar-refractivity contribution in [1.82, 2.24) is 4.98 Å². The standard InChI is InChI=1S/C26H33NOS/c1-4-6-7-8-9-24-15-17-26(29-24)25-16-12-22(18-27-25)21-10-13-23(14-11-21)28-19-20(3)5-2/h10-18,20H,4-9,19H2,1-3H3/t20-/m0/s1. The first-order valence-corrected chi connectivity index (χ1v) is 11.8. The average molecular weight is 408 g/mol. The molecule has 154 valence electrons.